The highest BCUT2D eigenvalue weighted by atomic mass is 32.2. The minimum atomic E-state index is -0.0861. The lowest BCUT2D eigenvalue weighted by molar-refractivity contribution is -0.113. The van der Waals surface area contributed by atoms with Gasteiger partial charge < -0.3 is 25.2 Å². The van der Waals surface area contributed by atoms with E-state index in [4.69, 9.17) is 14.6 Å². The van der Waals surface area contributed by atoms with Crippen molar-refractivity contribution in [2.75, 3.05) is 30.9 Å². The van der Waals surface area contributed by atoms with Crippen LogP contribution in [0.15, 0.2) is 47.5 Å². The summed E-state index contributed by atoms with van der Waals surface area (Å²) in [7, 11) is 0. The van der Waals surface area contributed by atoms with Gasteiger partial charge in [0.25, 0.3) is 5.91 Å². The molecule has 3 heterocycles. The van der Waals surface area contributed by atoms with Crippen LogP contribution in [0.25, 0.3) is 10.9 Å². The Hall–Kier alpha value is -3.30. The quantitative estimate of drug-likeness (QED) is 0.372. The molecular formula is C30H33N3O5S. The molecule has 6 rings (SSSR count). The zero-order chi connectivity index (χ0) is 26.8. The second-order valence-corrected chi connectivity index (χ2v) is 11.6. The van der Waals surface area contributed by atoms with Gasteiger partial charge in [0.15, 0.2) is 0 Å². The second kappa shape index (κ2) is 11.4. The Labute approximate surface area is 231 Å². The van der Waals surface area contributed by atoms with Crippen molar-refractivity contribution in [3.8, 4) is 11.5 Å². The monoisotopic (exact) mass is 547 g/mol. The molecule has 0 radical (unpaired) electrons. The summed E-state index contributed by atoms with van der Waals surface area (Å²) in [5.74, 6) is 2.88. The van der Waals surface area contributed by atoms with Crippen molar-refractivity contribution in [3.63, 3.8) is 0 Å². The number of hydrogen-bond donors (Lipinski definition) is 3. The van der Waals surface area contributed by atoms with Gasteiger partial charge in [0.05, 0.1) is 36.4 Å². The van der Waals surface area contributed by atoms with Gasteiger partial charge >= 0.3 is 0 Å². The Balaban J connectivity index is 1.07. The van der Waals surface area contributed by atoms with Crippen molar-refractivity contribution < 1.29 is 24.2 Å². The lowest BCUT2D eigenvalue weighted by Gasteiger charge is -2.36. The smallest absolute Gasteiger partial charge is 0.251 e. The number of aromatic nitrogens is 1. The molecule has 1 fully saturated rings. The molecule has 1 atom stereocenters. The fraction of sp³-hybridized carbons (Fsp3) is 0.433. The van der Waals surface area contributed by atoms with Crippen LogP contribution >= 0.6 is 11.8 Å². The van der Waals surface area contributed by atoms with E-state index >= 15 is 0 Å². The van der Waals surface area contributed by atoms with Gasteiger partial charge in [-0.15, -0.1) is 11.8 Å². The first-order valence-corrected chi connectivity index (χ1v) is 14.7. The van der Waals surface area contributed by atoms with Crippen molar-refractivity contribution in [2.24, 2.45) is 11.8 Å². The number of anilines is 1. The molecule has 2 amide bonds. The average molecular weight is 548 g/mol. The molecule has 3 aliphatic rings. The summed E-state index contributed by atoms with van der Waals surface area (Å²) in [5.41, 5.74) is 3.42. The van der Waals surface area contributed by atoms with Crippen LogP contribution in [0.5, 0.6) is 11.5 Å². The highest BCUT2D eigenvalue weighted by molar-refractivity contribution is 8.00. The number of nitrogens with one attached hydrogen (secondary N) is 2. The van der Waals surface area contributed by atoms with E-state index in [1.165, 1.54) is 17.3 Å². The van der Waals surface area contributed by atoms with Crippen LogP contribution in [0.2, 0.25) is 0 Å². The molecule has 1 saturated carbocycles. The van der Waals surface area contributed by atoms with Crippen LogP contribution in [0.1, 0.15) is 48.0 Å². The topological polar surface area (TPSA) is 110 Å². The number of aliphatic hydroxyl groups is 1. The van der Waals surface area contributed by atoms with Crippen LogP contribution in [0.3, 0.4) is 0 Å². The van der Waals surface area contributed by atoms with Gasteiger partial charge in [-0.2, -0.15) is 0 Å². The summed E-state index contributed by atoms with van der Waals surface area (Å²) in [6.45, 7) is 1.28. The molecule has 1 aliphatic carbocycles. The van der Waals surface area contributed by atoms with Crippen molar-refractivity contribution >= 4 is 40.2 Å². The van der Waals surface area contributed by atoms with Crippen LogP contribution < -0.4 is 20.1 Å². The highest BCUT2D eigenvalue weighted by Crippen LogP contribution is 2.40. The van der Waals surface area contributed by atoms with Crippen LogP contribution in [-0.4, -0.2) is 53.5 Å². The molecule has 3 N–H and O–H groups in total. The molecular weight excluding hydrogens is 514 g/mol. The number of carbonyl (C=O) groups excluding carboxylic acids is 2. The van der Waals surface area contributed by atoms with Gasteiger partial charge in [-0.3, -0.25) is 14.6 Å². The molecule has 1 aromatic heterocycles. The number of aliphatic hydroxyl groups excluding tert-OH is 1. The molecule has 39 heavy (non-hydrogen) atoms. The first-order valence-electron chi connectivity index (χ1n) is 13.7. The van der Waals surface area contributed by atoms with E-state index in [-0.39, 0.29) is 24.5 Å². The molecule has 0 spiro atoms. The predicted octanol–water partition coefficient (Wildman–Crippen LogP) is 4.58. The predicted molar refractivity (Wildman–Crippen MR) is 151 cm³/mol. The minimum absolute atomic E-state index is 0.0335. The highest BCUT2D eigenvalue weighted by Gasteiger charge is 2.32. The van der Waals surface area contributed by atoms with E-state index in [1.807, 2.05) is 36.5 Å². The van der Waals surface area contributed by atoms with E-state index in [1.54, 1.807) is 6.07 Å². The fourth-order valence-corrected chi connectivity index (χ4v) is 6.72. The Morgan fingerprint density at radius 2 is 2.03 bits per heavy atom. The fourth-order valence-electron chi connectivity index (χ4n) is 5.94. The molecule has 3 aromatic rings. The van der Waals surface area contributed by atoms with E-state index in [2.05, 4.69) is 15.6 Å². The third kappa shape index (κ3) is 5.70. The third-order valence-electron chi connectivity index (χ3n) is 8.05. The van der Waals surface area contributed by atoms with Crippen LogP contribution in [0.4, 0.5) is 5.69 Å². The minimum Gasteiger partial charge on any atom is -0.493 e. The van der Waals surface area contributed by atoms with Crippen molar-refractivity contribution in [2.45, 2.75) is 49.5 Å². The summed E-state index contributed by atoms with van der Waals surface area (Å²) in [5, 5.41) is 16.2. The average Bonchev–Trinajstić information content (AvgIpc) is 2.97. The van der Waals surface area contributed by atoms with E-state index in [9.17, 15) is 9.59 Å². The van der Waals surface area contributed by atoms with Crippen molar-refractivity contribution in [1.82, 2.24) is 10.3 Å². The van der Waals surface area contributed by atoms with Gasteiger partial charge in [-0.1, -0.05) is 0 Å². The number of thioether (sulfide) groups is 1. The third-order valence-corrected chi connectivity index (χ3v) is 9.12. The van der Waals surface area contributed by atoms with Gasteiger partial charge in [-0.05, 0) is 74.4 Å². The van der Waals surface area contributed by atoms with E-state index in [0.29, 0.717) is 42.8 Å². The number of amides is 2. The second-order valence-electron chi connectivity index (χ2n) is 10.6. The molecule has 0 saturated heterocycles. The molecule has 2 aliphatic heterocycles. The standard InChI is InChI=1S/C30H33N3O5S/c34-10-1-11-37-22-7-8-25-23(14-22)24-12-20(16-38-27(24)15-31-25)18-2-5-21(6-3-18)32-30(36)19-4-9-28-26(13-19)33-29(35)17-39-28/h4,7-9,13-15,18,20-21,34H,1-3,5-6,10-12,16-17H2,(H,32,36)(H,33,35). The van der Waals surface area contributed by atoms with Gasteiger partial charge in [-0.25, -0.2) is 0 Å². The number of hydrogen-bond acceptors (Lipinski definition) is 7. The van der Waals surface area contributed by atoms with Gasteiger partial charge in [0, 0.05) is 46.4 Å². The number of pyridine rings is 1. The first-order chi connectivity index (χ1) is 19.1. The number of fused-ring (bicyclic) bond motifs is 4. The van der Waals surface area contributed by atoms with Crippen molar-refractivity contribution in [3.05, 3.63) is 53.7 Å². The molecule has 204 valence electrons. The first kappa shape index (κ1) is 26.0. The number of benzene rings is 2. The largest absolute Gasteiger partial charge is 0.493 e. The summed E-state index contributed by atoms with van der Waals surface area (Å²) in [6.07, 6.45) is 7.34. The number of rotatable bonds is 7. The van der Waals surface area contributed by atoms with E-state index in [0.717, 1.165) is 65.1 Å². The normalized spacial score (nSPS) is 22.3. The molecule has 0 bridgehead atoms. The molecule has 1 unspecified atom stereocenters. The Morgan fingerprint density at radius 1 is 1.15 bits per heavy atom. The van der Waals surface area contributed by atoms with Crippen LogP contribution in [0, 0.1) is 11.8 Å². The van der Waals surface area contributed by atoms with Crippen molar-refractivity contribution in [1.29, 1.82) is 0 Å². The molecule has 8 nitrogen and oxygen atoms in total. The maximum Gasteiger partial charge on any atom is 0.251 e. The Kier molecular flexibility index (Phi) is 7.61. The van der Waals surface area contributed by atoms with E-state index < -0.39 is 0 Å². The van der Waals surface area contributed by atoms with Gasteiger partial charge in [0.2, 0.25) is 5.91 Å². The summed E-state index contributed by atoms with van der Waals surface area (Å²) in [4.78, 5) is 30.3. The SMILES string of the molecule is O=C1CSc2ccc(C(=O)NC3CCC(C4COc5cnc6ccc(OCCCO)cc6c5C4)CC3)cc2N1. The lowest BCUT2D eigenvalue weighted by atomic mass is 9.75. The van der Waals surface area contributed by atoms with Gasteiger partial charge in [0.1, 0.15) is 11.5 Å². The zero-order valence-electron chi connectivity index (χ0n) is 21.8. The zero-order valence-corrected chi connectivity index (χ0v) is 22.6. The molecule has 2 aromatic carbocycles. The number of carbonyl (C=O) groups is 2. The summed E-state index contributed by atoms with van der Waals surface area (Å²) < 4.78 is 12.0. The maximum absolute atomic E-state index is 13.0. The summed E-state index contributed by atoms with van der Waals surface area (Å²) >= 11 is 1.50. The lowest BCUT2D eigenvalue weighted by Crippen LogP contribution is -2.40. The maximum atomic E-state index is 13.0. The Morgan fingerprint density at radius 3 is 2.87 bits per heavy atom. The van der Waals surface area contributed by atoms with Crippen LogP contribution in [-0.2, 0) is 11.2 Å². The number of ether oxygens (including phenoxy) is 2. The molecule has 9 heteroatoms. The summed E-state index contributed by atoms with van der Waals surface area (Å²) in [6, 6.07) is 11.6. The number of nitrogens with zero attached hydrogens (tertiary/aromatic N) is 1. The Bertz CT molecular complexity index is 1390.